The molecule has 0 amide bonds. The molecule has 0 unspecified atom stereocenters. The summed E-state index contributed by atoms with van der Waals surface area (Å²) in [5.41, 5.74) is 14.4. The monoisotopic (exact) mass is 191 g/mol. The molecule has 1 saturated carbocycles. The van der Waals surface area contributed by atoms with E-state index in [-0.39, 0.29) is 0 Å². The second-order valence-electron chi connectivity index (χ2n) is 3.90. The van der Waals surface area contributed by atoms with Crippen molar-refractivity contribution in [3.05, 3.63) is 23.8 Å². The Morgan fingerprint density at radius 1 is 1.36 bits per heavy atom. The number of benzene rings is 1. The van der Waals surface area contributed by atoms with E-state index in [0.717, 1.165) is 16.9 Å². The summed E-state index contributed by atoms with van der Waals surface area (Å²) in [4.78, 5) is 0. The molecule has 3 nitrogen and oxygen atoms in total. The molecular weight excluding hydrogens is 174 g/mol. The predicted octanol–water partition coefficient (Wildman–Crippen LogP) is 1.69. The van der Waals surface area contributed by atoms with Gasteiger partial charge in [0, 0.05) is 12.6 Å². The summed E-state index contributed by atoms with van der Waals surface area (Å²) >= 11 is 0. The topological polar surface area (TPSA) is 64.1 Å². The lowest BCUT2D eigenvalue weighted by Crippen LogP contribution is -2.27. The largest absolute Gasteiger partial charge is 0.397 e. The third kappa shape index (κ3) is 1.82. The van der Waals surface area contributed by atoms with Gasteiger partial charge in [-0.1, -0.05) is 6.07 Å². The van der Waals surface area contributed by atoms with Crippen LogP contribution in [0.25, 0.3) is 0 Å². The summed E-state index contributed by atoms with van der Waals surface area (Å²) in [6.45, 7) is 0.550. The Balaban J connectivity index is 2.09. The maximum Gasteiger partial charge on any atom is 0.0576 e. The molecule has 0 spiro atoms. The zero-order valence-corrected chi connectivity index (χ0v) is 8.29. The van der Waals surface area contributed by atoms with Crippen LogP contribution in [0.2, 0.25) is 0 Å². The van der Waals surface area contributed by atoms with Gasteiger partial charge in [-0.25, -0.2) is 0 Å². The Labute approximate surface area is 84.5 Å². The van der Waals surface area contributed by atoms with E-state index in [1.807, 2.05) is 18.2 Å². The van der Waals surface area contributed by atoms with Crippen LogP contribution in [0.15, 0.2) is 18.2 Å². The molecule has 1 aliphatic carbocycles. The molecule has 2 rings (SSSR count). The van der Waals surface area contributed by atoms with Gasteiger partial charge >= 0.3 is 0 Å². The minimum Gasteiger partial charge on any atom is -0.397 e. The molecule has 1 aromatic carbocycles. The number of nitrogens with two attached hydrogens (primary N) is 2. The van der Waals surface area contributed by atoms with E-state index in [0.29, 0.717) is 12.6 Å². The Kier molecular flexibility index (Phi) is 2.59. The van der Waals surface area contributed by atoms with Crippen molar-refractivity contribution in [2.75, 3.05) is 11.1 Å². The smallest absolute Gasteiger partial charge is 0.0576 e. The van der Waals surface area contributed by atoms with Crippen LogP contribution in [0.1, 0.15) is 24.8 Å². The van der Waals surface area contributed by atoms with Crippen molar-refractivity contribution in [2.45, 2.75) is 31.8 Å². The van der Waals surface area contributed by atoms with Gasteiger partial charge in [0.05, 0.1) is 11.4 Å². The van der Waals surface area contributed by atoms with E-state index in [1.54, 1.807) is 0 Å². The number of hydrogen-bond acceptors (Lipinski definition) is 3. The summed E-state index contributed by atoms with van der Waals surface area (Å²) in [5, 5.41) is 3.43. The predicted molar refractivity (Wildman–Crippen MR) is 60.0 cm³/mol. The molecule has 1 fully saturated rings. The average Bonchev–Trinajstić information content (AvgIpc) is 2.13. The molecule has 0 saturated heterocycles. The Hall–Kier alpha value is -1.22. The first-order valence-electron chi connectivity index (χ1n) is 5.14. The molecule has 0 aliphatic heterocycles. The lowest BCUT2D eigenvalue weighted by atomic mass is 9.93. The van der Waals surface area contributed by atoms with Crippen LogP contribution < -0.4 is 16.8 Å². The summed E-state index contributed by atoms with van der Waals surface area (Å²) < 4.78 is 0. The molecule has 1 aliphatic rings. The maximum absolute atomic E-state index is 5.91. The van der Waals surface area contributed by atoms with Crippen LogP contribution >= 0.6 is 0 Å². The normalized spacial score (nSPS) is 16.4. The molecule has 76 valence electrons. The molecule has 0 atom stereocenters. The molecule has 0 bridgehead atoms. The molecule has 0 aromatic heterocycles. The summed E-state index contributed by atoms with van der Waals surface area (Å²) in [6, 6.07) is 6.62. The fourth-order valence-corrected chi connectivity index (χ4v) is 1.64. The number of nitrogens with one attached hydrogen (secondary N) is 1. The molecule has 5 N–H and O–H groups in total. The van der Waals surface area contributed by atoms with Gasteiger partial charge in [-0.05, 0) is 37.0 Å². The lowest BCUT2D eigenvalue weighted by molar-refractivity contribution is 0.446. The van der Waals surface area contributed by atoms with Crippen LogP contribution in [-0.4, -0.2) is 6.04 Å². The van der Waals surface area contributed by atoms with E-state index in [2.05, 4.69) is 5.32 Å². The SMILES string of the molecule is NCc1ccc(NC2CCC2)c(N)c1. The van der Waals surface area contributed by atoms with E-state index < -0.39 is 0 Å². The van der Waals surface area contributed by atoms with Crippen molar-refractivity contribution in [3.8, 4) is 0 Å². The highest BCUT2D eigenvalue weighted by Gasteiger charge is 2.17. The fourth-order valence-electron chi connectivity index (χ4n) is 1.64. The molecule has 14 heavy (non-hydrogen) atoms. The Morgan fingerprint density at radius 3 is 2.64 bits per heavy atom. The van der Waals surface area contributed by atoms with E-state index in [4.69, 9.17) is 11.5 Å². The first-order valence-corrected chi connectivity index (χ1v) is 5.14. The fraction of sp³-hybridized carbons (Fsp3) is 0.455. The average molecular weight is 191 g/mol. The lowest BCUT2D eigenvalue weighted by Gasteiger charge is -2.28. The molecule has 3 heteroatoms. The molecule has 0 heterocycles. The molecular formula is C11H17N3. The van der Waals surface area contributed by atoms with Gasteiger partial charge < -0.3 is 16.8 Å². The third-order valence-corrected chi connectivity index (χ3v) is 2.82. The molecule has 1 aromatic rings. The van der Waals surface area contributed by atoms with Crippen LogP contribution in [-0.2, 0) is 6.54 Å². The zero-order valence-electron chi connectivity index (χ0n) is 8.29. The van der Waals surface area contributed by atoms with Crippen molar-refractivity contribution in [2.24, 2.45) is 5.73 Å². The molecule has 0 radical (unpaired) electrons. The van der Waals surface area contributed by atoms with Crippen molar-refractivity contribution >= 4 is 11.4 Å². The van der Waals surface area contributed by atoms with E-state index in [1.165, 1.54) is 19.3 Å². The van der Waals surface area contributed by atoms with Crippen molar-refractivity contribution < 1.29 is 0 Å². The number of anilines is 2. The van der Waals surface area contributed by atoms with Gasteiger partial charge in [-0.2, -0.15) is 0 Å². The minimum absolute atomic E-state index is 0.550. The summed E-state index contributed by atoms with van der Waals surface area (Å²) in [5.74, 6) is 0. The number of nitrogen functional groups attached to an aromatic ring is 1. The Bertz CT molecular complexity index is 318. The third-order valence-electron chi connectivity index (χ3n) is 2.82. The van der Waals surface area contributed by atoms with E-state index >= 15 is 0 Å². The van der Waals surface area contributed by atoms with Crippen molar-refractivity contribution in [1.82, 2.24) is 0 Å². The minimum atomic E-state index is 0.550. The van der Waals surface area contributed by atoms with Crippen molar-refractivity contribution in [1.29, 1.82) is 0 Å². The highest BCUT2D eigenvalue weighted by Crippen LogP contribution is 2.27. The van der Waals surface area contributed by atoms with Crippen LogP contribution in [0.5, 0.6) is 0 Å². The first kappa shape index (κ1) is 9.34. The van der Waals surface area contributed by atoms with Gasteiger partial charge in [0.25, 0.3) is 0 Å². The second-order valence-corrected chi connectivity index (χ2v) is 3.90. The highest BCUT2D eigenvalue weighted by atomic mass is 14.9. The first-order chi connectivity index (χ1) is 6.79. The van der Waals surface area contributed by atoms with Gasteiger partial charge in [0.1, 0.15) is 0 Å². The zero-order chi connectivity index (χ0) is 9.97. The Morgan fingerprint density at radius 2 is 2.14 bits per heavy atom. The summed E-state index contributed by atoms with van der Waals surface area (Å²) in [6.07, 6.45) is 3.86. The number of rotatable bonds is 3. The van der Waals surface area contributed by atoms with Gasteiger partial charge in [0.15, 0.2) is 0 Å². The van der Waals surface area contributed by atoms with Crippen LogP contribution in [0, 0.1) is 0 Å². The summed E-state index contributed by atoms with van der Waals surface area (Å²) in [7, 11) is 0. The van der Waals surface area contributed by atoms with Gasteiger partial charge in [-0.15, -0.1) is 0 Å². The highest BCUT2D eigenvalue weighted by molar-refractivity contribution is 5.67. The van der Waals surface area contributed by atoms with Crippen LogP contribution in [0.4, 0.5) is 11.4 Å². The second kappa shape index (κ2) is 3.88. The quantitative estimate of drug-likeness (QED) is 0.637. The maximum atomic E-state index is 5.91. The van der Waals surface area contributed by atoms with Crippen molar-refractivity contribution in [3.63, 3.8) is 0 Å². The van der Waals surface area contributed by atoms with Gasteiger partial charge in [0.2, 0.25) is 0 Å². The number of hydrogen-bond donors (Lipinski definition) is 3. The van der Waals surface area contributed by atoms with E-state index in [9.17, 15) is 0 Å². The standard InChI is InChI=1S/C11H17N3/c12-7-8-4-5-11(10(13)6-8)14-9-2-1-3-9/h4-6,9,14H,1-3,7,12-13H2. The van der Waals surface area contributed by atoms with Crippen LogP contribution in [0.3, 0.4) is 0 Å². The van der Waals surface area contributed by atoms with Gasteiger partial charge in [-0.3, -0.25) is 0 Å².